The average Bonchev–Trinajstić information content (AvgIpc) is 2.23. The fraction of sp³-hybridized carbons (Fsp3) is 0.385. The van der Waals surface area contributed by atoms with Crippen LogP contribution in [0.3, 0.4) is 0 Å². The molecule has 4 heteroatoms. The van der Waals surface area contributed by atoms with Crippen LogP contribution in [-0.2, 0) is 6.54 Å². The summed E-state index contributed by atoms with van der Waals surface area (Å²) >= 11 is 0. The Morgan fingerprint density at radius 2 is 2.00 bits per heavy atom. The molecule has 90 valence electrons. The zero-order valence-electron chi connectivity index (χ0n) is 10.3. The van der Waals surface area contributed by atoms with Crippen molar-refractivity contribution in [3.05, 3.63) is 44.6 Å². The molecular weight excluding hydrogens is 216 g/mol. The molecule has 0 radical (unpaired) electrons. The molecule has 0 amide bonds. The van der Waals surface area contributed by atoms with E-state index in [1.54, 1.807) is 6.07 Å². The number of fused-ring (bicyclic) bond motifs is 1. The molecule has 4 nitrogen and oxygen atoms in total. The predicted octanol–water partition coefficient (Wildman–Crippen LogP) is 1.65. The summed E-state index contributed by atoms with van der Waals surface area (Å²) in [4.78, 5) is 26.7. The maximum absolute atomic E-state index is 12.1. The molecule has 2 rings (SSSR count). The first-order valence-electron chi connectivity index (χ1n) is 5.72. The van der Waals surface area contributed by atoms with Gasteiger partial charge < -0.3 is 4.98 Å². The Hall–Kier alpha value is -1.84. The second-order valence-electron chi connectivity index (χ2n) is 4.79. The summed E-state index contributed by atoms with van der Waals surface area (Å²) in [6.07, 6.45) is 0. The van der Waals surface area contributed by atoms with Gasteiger partial charge in [0.1, 0.15) is 0 Å². The minimum Gasteiger partial charge on any atom is -0.307 e. The van der Waals surface area contributed by atoms with Crippen LogP contribution in [0, 0.1) is 12.8 Å². The zero-order valence-corrected chi connectivity index (χ0v) is 10.3. The summed E-state index contributed by atoms with van der Waals surface area (Å²) in [5.74, 6) is 0.261. The lowest BCUT2D eigenvalue weighted by Crippen LogP contribution is -2.36. The van der Waals surface area contributed by atoms with E-state index >= 15 is 0 Å². The highest BCUT2D eigenvalue weighted by Crippen LogP contribution is 2.08. The number of nitrogens with one attached hydrogen (secondary N) is 1. The molecule has 0 spiro atoms. The van der Waals surface area contributed by atoms with E-state index in [2.05, 4.69) is 4.98 Å². The van der Waals surface area contributed by atoms with Gasteiger partial charge in [-0.25, -0.2) is 4.79 Å². The molecule has 1 aromatic carbocycles. The van der Waals surface area contributed by atoms with E-state index in [0.717, 1.165) is 5.56 Å². The summed E-state index contributed by atoms with van der Waals surface area (Å²) < 4.78 is 1.27. The van der Waals surface area contributed by atoms with E-state index < -0.39 is 0 Å². The maximum Gasteiger partial charge on any atom is 0.328 e. The van der Waals surface area contributed by atoms with Crippen LogP contribution in [0.15, 0.2) is 27.8 Å². The van der Waals surface area contributed by atoms with Crippen molar-refractivity contribution in [1.82, 2.24) is 9.55 Å². The molecule has 1 aromatic heterocycles. The third-order valence-electron chi connectivity index (χ3n) is 2.69. The smallest absolute Gasteiger partial charge is 0.307 e. The van der Waals surface area contributed by atoms with Crippen molar-refractivity contribution >= 4 is 10.9 Å². The first-order chi connectivity index (χ1) is 7.99. The van der Waals surface area contributed by atoms with Crippen LogP contribution in [0.1, 0.15) is 19.4 Å². The Balaban J connectivity index is 2.77. The van der Waals surface area contributed by atoms with Crippen LogP contribution in [0.2, 0.25) is 0 Å². The van der Waals surface area contributed by atoms with Crippen molar-refractivity contribution in [3.63, 3.8) is 0 Å². The van der Waals surface area contributed by atoms with Gasteiger partial charge in [0.05, 0.1) is 10.9 Å². The number of H-pyrrole nitrogens is 1. The van der Waals surface area contributed by atoms with Crippen molar-refractivity contribution < 1.29 is 0 Å². The van der Waals surface area contributed by atoms with Crippen LogP contribution in [0.5, 0.6) is 0 Å². The minimum atomic E-state index is -0.332. The topological polar surface area (TPSA) is 54.9 Å². The Bertz CT molecular complexity index is 665. The molecule has 0 bridgehead atoms. The number of nitrogens with zero attached hydrogens (tertiary/aromatic N) is 1. The summed E-state index contributed by atoms with van der Waals surface area (Å²) in [5.41, 5.74) is 1.09. The van der Waals surface area contributed by atoms with Gasteiger partial charge in [-0.3, -0.25) is 9.36 Å². The number of benzene rings is 1. The molecule has 0 aliphatic heterocycles. The molecule has 1 heterocycles. The van der Waals surface area contributed by atoms with Gasteiger partial charge in [-0.1, -0.05) is 19.9 Å². The zero-order chi connectivity index (χ0) is 12.6. The van der Waals surface area contributed by atoms with Gasteiger partial charge in [0.2, 0.25) is 0 Å². The van der Waals surface area contributed by atoms with Crippen molar-refractivity contribution in [1.29, 1.82) is 0 Å². The Morgan fingerprint density at radius 3 is 2.65 bits per heavy atom. The van der Waals surface area contributed by atoms with Crippen molar-refractivity contribution in [3.8, 4) is 0 Å². The first-order valence-corrected chi connectivity index (χ1v) is 5.72. The van der Waals surface area contributed by atoms with Crippen molar-refractivity contribution in [2.45, 2.75) is 27.3 Å². The summed E-state index contributed by atoms with van der Waals surface area (Å²) in [6.45, 7) is 6.33. The number of hydrogen-bond acceptors (Lipinski definition) is 2. The van der Waals surface area contributed by atoms with E-state index in [1.165, 1.54) is 4.57 Å². The molecular formula is C13H16N2O2. The standard InChI is InChI=1S/C13H16N2O2/c1-8(2)7-15-12(16)10-5-4-9(3)6-11(10)14-13(15)17/h4-6,8H,7H2,1-3H3,(H,14,17). The van der Waals surface area contributed by atoms with Gasteiger partial charge in [-0.15, -0.1) is 0 Å². The van der Waals surface area contributed by atoms with Crippen molar-refractivity contribution in [2.75, 3.05) is 0 Å². The second kappa shape index (κ2) is 4.20. The molecule has 0 saturated heterocycles. The third-order valence-corrected chi connectivity index (χ3v) is 2.69. The van der Waals surface area contributed by atoms with Gasteiger partial charge in [-0.2, -0.15) is 0 Å². The highest BCUT2D eigenvalue weighted by molar-refractivity contribution is 5.77. The van der Waals surface area contributed by atoms with Crippen LogP contribution in [-0.4, -0.2) is 9.55 Å². The number of aromatic nitrogens is 2. The molecule has 0 saturated carbocycles. The molecule has 0 unspecified atom stereocenters. The summed E-state index contributed by atoms with van der Waals surface area (Å²) in [6, 6.07) is 5.46. The van der Waals surface area contributed by atoms with Gasteiger partial charge in [0.15, 0.2) is 0 Å². The fourth-order valence-electron chi connectivity index (χ4n) is 1.90. The summed E-state index contributed by atoms with van der Waals surface area (Å²) in [5, 5.41) is 0.566. The maximum atomic E-state index is 12.1. The highest BCUT2D eigenvalue weighted by atomic mass is 16.2. The fourth-order valence-corrected chi connectivity index (χ4v) is 1.90. The number of aryl methyl sites for hydroxylation is 1. The first kappa shape index (κ1) is 11.6. The summed E-state index contributed by atoms with van der Waals surface area (Å²) in [7, 11) is 0. The Labute approximate surface area is 98.9 Å². The highest BCUT2D eigenvalue weighted by Gasteiger charge is 2.08. The molecule has 0 atom stereocenters. The predicted molar refractivity (Wildman–Crippen MR) is 68.4 cm³/mol. The van der Waals surface area contributed by atoms with E-state index in [4.69, 9.17) is 0 Å². The third kappa shape index (κ3) is 2.16. The van der Waals surface area contributed by atoms with Gasteiger partial charge in [0, 0.05) is 6.54 Å². The Kier molecular flexibility index (Phi) is 2.88. The molecule has 0 fully saturated rings. The van der Waals surface area contributed by atoms with Crippen LogP contribution >= 0.6 is 0 Å². The molecule has 2 aromatic rings. The van der Waals surface area contributed by atoms with Crippen LogP contribution in [0.4, 0.5) is 0 Å². The molecule has 17 heavy (non-hydrogen) atoms. The van der Waals surface area contributed by atoms with Gasteiger partial charge in [-0.05, 0) is 30.5 Å². The average molecular weight is 232 g/mol. The quantitative estimate of drug-likeness (QED) is 0.856. The molecule has 1 N–H and O–H groups in total. The van der Waals surface area contributed by atoms with Crippen molar-refractivity contribution in [2.24, 2.45) is 5.92 Å². The number of hydrogen-bond donors (Lipinski definition) is 1. The lowest BCUT2D eigenvalue weighted by Gasteiger charge is -2.08. The normalized spacial score (nSPS) is 11.3. The lowest BCUT2D eigenvalue weighted by atomic mass is 10.1. The van der Waals surface area contributed by atoms with Crippen LogP contribution in [0.25, 0.3) is 10.9 Å². The van der Waals surface area contributed by atoms with Gasteiger partial charge in [0.25, 0.3) is 5.56 Å². The van der Waals surface area contributed by atoms with E-state index in [1.807, 2.05) is 32.9 Å². The van der Waals surface area contributed by atoms with Crippen LogP contribution < -0.4 is 11.2 Å². The largest absolute Gasteiger partial charge is 0.328 e. The molecule has 0 aliphatic carbocycles. The molecule has 0 aliphatic rings. The Morgan fingerprint density at radius 1 is 1.29 bits per heavy atom. The minimum absolute atomic E-state index is 0.211. The lowest BCUT2D eigenvalue weighted by molar-refractivity contribution is 0.496. The van der Waals surface area contributed by atoms with Gasteiger partial charge >= 0.3 is 5.69 Å². The monoisotopic (exact) mass is 232 g/mol. The van der Waals surface area contributed by atoms with E-state index in [9.17, 15) is 9.59 Å². The van der Waals surface area contributed by atoms with E-state index in [0.29, 0.717) is 17.4 Å². The number of aromatic amines is 1. The second-order valence-corrected chi connectivity index (χ2v) is 4.79. The number of rotatable bonds is 2. The SMILES string of the molecule is Cc1ccc2c(=O)n(CC(C)C)c(=O)[nH]c2c1. The van der Waals surface area contributed by atoms with E-state index in [-0.39, 0.29) is 17.2 Å².